The average Bonchev–Trinajstić information content (AvgIpc) is 2.37. The van der Waals surface area contributed by atoms with Gasteiger partial charge in [-0.1, -0.05) is 32.0 Å². The zero-order chi connectivity index (χ0) is 13.0. The van der Waals surface area contributed by atoms with Crippen LogP contribution >= 0.6 is 11.8 Å². The highest BCUT2D eigenvalue weighted by Gasteiger charge is 2.06. The van der Waals surface area contributed by atoms with Gasteiger partial charge in [0, 0.05) is 11.9 Å². The Kier molecular flexibility index (Phi) is 4.61. The molecule has 0 aliphatic heterocycles. The minimum absolute atomic E-state index is 0.677. The maximum absolute atomic E-state index is 4.71. The first-order valence-corrected chi connectivity index (χ1v) is 7.56. The summed E-state index contributed by atoms with van der Waals surface area (Å²) in [5, 5.41) is 5.84. The molecule has 1 heterocycles. The number of pyridine rings is 1. The number of nitrogens with one attached hydrogen (secondary N) is 1. The summed E-state index contributed by atoms with van der Waals surface area (Å²) in [4.78, 5) is 4.71. The number of benzene rings is 1. The summed E-state index contributed by atoms with van der Waals surface area (Å²) < 4.78 is 0. The first-order valence-electron chi connectivity index (χ1n) is 6.34. The molecule has 0 bridgehead atoms. The lowest BCUT2D eigenvalue weighted by atomic mass is 10.1. The van der Waals surface area contributed by atoms with Crippen molar-refractivity contribution in [2.24, 2.45) is 5.92 Å². The third-order valence-electron chi connectivity index (χ3n) is 2.82. The summed E-state index contributed by atoms with van der Waals surface area (Å²) >= 11 is 1.72. The van der Waals surface area contributed by atoms with E-state index in [1.54, 1.807) is 11.8 Å². The second-order valence-electron chi connectivity index (χ2n) is 4.87. The molecule has 0 saturated heterocycles. The molecule has 0 spiro atoms. The molecule has 0 aliphatic carbocycles. The fraction of sp³-hybridized carbons (Fsp3) is 0.400. The quantitative estimate of drug-likeness (QED) is 0.830. The van der Waals surface area contributed by atoms with Gasteiger partial charge in [0.1, 0.15) is 5.03 Å². The van der Waals surface area contributed by atoms with Crippen LogP contribution in [0.4, 0.5) is 0 Å². The highest BCUT2D eigenvalue weighted by molar-refractivity contribution is 7.98. The van der Waals surface area contributed by atoms with Crippen molar-refractivity contribution in [3.63, 3.8) is 0 Å². The van der Waals surface area contributed by atoms with Crippen LogP contribution in [0, 0.1) is 5.92 Å². The van der Waals surface area contributed by atoms with Gasteiger partial charge in [-0.25, -0.2) is 4.98 Å². The van der Waals surface area contributed by atoms with Gasteiger partial charge in [0.05, 0.1) is 5.52 Å². The van der Waals surface area contributed by atoms with Crippen molar-refractivity contribution in [2.75, 3.05) is 12.8 Å². The summed E-state index contributed by atoms with van der Waals surface area (Å²) in [6.07, 6.45) is 2.09. The lowest BCUT2D eigenvalue weighted by molar-refractivity contribution is 0.549. The molecule has 3 heteroatoms. The fourth-order valence-corrected chi connectivity index (χ4v) is 2.52. The van der Waals surface area contributed by atoms with Crippen molar-refractivity contribution in [3.8, 4) is 0 Å². The van der Waals surface area contributed by atoms with Gasteiger partial charge < -0.3 is 5.32 Å². The molecule has 0 amide bonds. The molecule has 18 heavy (non-hydrogen) atoms. The smallest absolute Gasteiger partial charge is 0.101 e. The van der Waals surface area contributed by atoms with Gasteiger partial charge in [0.2, 0.25) is 0 Å². The Balaban J connectivity index is 2.24. The van der Waals surface area contributed by atoms with E-state index in [-0.39, 0.29) is 0 Å². The molecule has 2 aromatic rings. The zero-order valence-corrected chi connectivity index (χ0v) is 12.1. The third kappa shape index (κ3) is 3.24. The summed E-state index contributed by atoms with van der Waals surface area (Å²) in [6.45, 7) is 6.38. The Hall–Kier alpha value is -1.06. The van der Waals surface area contributed by atoms with Gasteiger partial charge in [0.25, 0.3) is 0 Å². The molecule has 0 atom stereocenters. The van der Waals surface area contributed by atoms with Gasteiger partial charge in [-0.15, -0.1) is 11.8 Å². The molecular formula is C15H20N2S. The van der Waals surface area contributed by atoms with Crippen LogP contribution in [0.15, 0.2) is 35.4 Å². The van der Waals surface area contributed by atoms with Crippen LogP contribution in [0.3, 0.4) is 0 Å². The monoisotopic (exact) mass is 260 g/mol. The van der Waals surface area contributed by atoms with E-state index in [9.17, 15) is 0 Å². The number of rotatable bonds is 5. The van der Waals surface area contributed by atoms with Crippen LogP contribution in [0.5, 0.6) is 0 Å². The van der Waals surface area contributed by atoms with Crippen LogP contribution < -0.4 is 5.32 Å². The molecule has 0 unspecified atom stereocenters. The minimum atomic E-state index is 0.677. The molecule has 0 radical (unpaired) electrons. The largest absolute Gasteiger partial charge is 0.312 e. The molecule has 0 saturated carbocycles. The number of thioether (sulfide) groups is 1. The average molecular weight is 260 g/mol. The zero-order valence-electron chi connectivity index (χ0n) is 11.2. The normalized spacial score (nSPS) is 11.3. The lowest BCUT2D eigenvalue weighted by Gasteiger charge is -2.11. The second-order valence-corrected chi connectivity index (χ2v) is 5.67. The number of aromatic nitrogens is 1. The number of para-hydroxylation sites is 1. The molecule has 96 valence electrons. The molecule has 1 aromatic carbocycles. The minimum Gasteiger partial charge on any atom is -0.312 e. The van der Waals surface area contributed by atoms with E-state index in [4.69, 9.17) is 4.98 Å². The van der Waals surface area contributed by atoms with E-state index < -0.39 is 0 Å². The molecular weight excluding hydrogens is 240 g/mol. The van der Waals surface area contributed by atoms with Crippen LogP contribution in [-0.2, 0) is 6.54 Å². The first-order chi connectivity index (χ1) is 8.70. The summed E-state index contributed by atoms with van der Waals surface area (Å²) in [7, 11) is 0. The standard InChI is InChI=1S/C15H20N2S/c1-11(2)9-16-10-13-8-12-6-4-5-7-14(12)17-15(13)18-3/h4-8,11,16H,9-10H2,1-3H3. The highest BCUT2D eigenvalue weighted by atomic mass is 32.2. The molecule has 0 fully saturated rings. The number of fused-ring (bicyclic) bond motifs is 1. The van der Waals surface area contributed by atoms with Gasteiger partial charge in [-0.3, -0.25) is 0 Å². The number of hydrogen-bond donors (Lipinski definition) is 1. The van der Waals surface area contributed by atoms with Crippen LogP contribution in [-0.4, -0.2) is 17.8 Å². The van der Waals surface area contributed by atoms with Crippen molar-refractivity contribution in [2.45, 2.75) is 25.4 Å². The third-order valence-corrected chi connectivity index (χ3v) is 3.56. The van der Waals surface area contributed by atoms with Crippen molar-refractivity contribution < 1.29 is 0 Å². The Morgan fingerprint density at radius 3 is 2.78 bits per heavy atom. The Bertz CT molecular complexity index is 523. The van der Waals surface area contributed by atoms with Gasteiger partial charge >= 0.3 is 0 Å². The SMILES string of the molecule is CSc1nc2ccccc2cc1CNCC(C)C. The van der Waals surface area contributed by atoms with Gasteiger partial charge in [-0.2, -0.15) is 0 Å². The second kappa shape index (κ2) is 6.21. The van der Waals surface area contributed by atoms with Crippen LogP contribution in [0.1, 0.15) is 19.4 Å². The Morgan fingerprint density at radius 1 is 1.28 bits per heavy atom. The fourth-order valence-electron chi connectivity index (χ4n) is 1.94. The molecule has 1 N–H and O–H groups in total. The van der Waals surface area contributed by atoms with E-state index in [2.05, 4.69) is 49.7 Å². The first kappa shape index (κ1) is 13.4. The van der Waals surface area contributed by atoms with Crippen molar-refractivity contribution >= 4 is 22.7 Å². The molecule has 2 rings (SSSR count). The van der Waals surface area contributed by atoms with Crippen LogP contribution in [0.25, 0.3) is 10.9 Å². The topological polar surface area (TPSA) is 24.9 Å². The van der Waals surface area contributed by atoms with E-state index >= 15 is 0 Å². The summed E-state index contributed by atoms with van der Waals surface area (Å²) in [5.41, 5.74) is 2.37. The van der Waals surface area contributed by atoms with E-state index in [1.165, 1.54) is 10.9 Å². The maximum atomic E-state index is 4.71. The molecule has 2 nitrogen and oxygen atoms in total. The van der Waals surface area contributed by atoms with E-state index in [0.29, 0.717) is 5.92 Å². The predicted octanol–water partition coefficient (Wildman–Crippen LogP) is 3.70. The number of nitrogens with zero attached hydrogens (tertiary/aromatic N) is 1. The lowest BCUT2D eigenvalue weighted by Crippen LogP contribution is -2.19. The van der Waals surface area contributed by atoms with Crippen LogP contribution in [0.2, 0.25) is 0 Å². The van der Waals surface area contributed by atoms with E-state index in [0.717, 1.165) is 23.6 Å². The maximum Gasteiger partial charge on any atom is 0.101 e. The Labute approximate surface area is 113 Å². The predicted molar refractivity (Wildman–Crippen MR) is 80.1 cm³/mol. The van der Waals surface area contributed by atoms with Gasteiger partial charge in [-0.05, 0) is 36.4 Å². The highest BCUT2D eigenvalue weighted by Crippen LogP contribution is 2.23. The Morgan fingerprint density at radius 2 is 2.06 bits per heavy atom. The summed E-state index contributed by atoms with van der Waals surface area (Å²) in [6, 6.07) is 10.5. The summed E-state index contributed by atoms with van der Waals surface area (Å²) in [5.74, 6) is 0.677. The molecule has 0 aliphatic rings. The van der Waals surface area contributed by atoms with Crippen molar-refractivity contribution in [3.05, 3.63) is 35.9 Å². The molecule has 1 aromatic heterocycles. The van der Waals surface area contributed by atoms with E-state index in [1.807, 2.05) is 6.07 Å². The number of hydrogen-bond acceptors (Lipinski definition) is 3. The van der Waals surface area contributed by atoms with Crippen molar-refractivity contribution in [1.82, 2.24) is 10.3 Å². The van der Waals surface area contributed by atoms with Crippen molar-refractivity contribution in [1.29, 1.82) is 0 Å². The van der Waals surface area contributed by atoms with Gasteiger partial charge in [0.15, 0.2) is 0 Å².